The number of nitrogens with one attached hydrogen (secondary N) is 3. The molecule has 15 atom stereocenters. The number of amides is 3. The highest BCUT2D eigenvalue weighted by atomic mass is 16.8. The number of aliphatic hydroxyl groups excluding tert-OH is 8. The van der Waals surface area contributed by atoms with E-state index in [0.29, 0.717) is 0 Å². The Bertz CT molecular complexity index is 1110. The van der Waals surface area contributed by atoms with Crippen LogP contribution < -0.4 is 16.0 Å². The summed E-state index contributed by atoms with van der Waals surface area (Å²) in [7, 11) is 0. The number of aliphatic hydroxyl groups is 8. The molecule has 0 spiro atoms. The van der Waals surface area contributed by atoms with Gasteiger partial charge >= 0.3 is 0 Å². The quantitative estimate of drug-likeness (QED) is 0.0743. The summed E-state index contributed by atoms with van der Waals surface area (Å²) in [6.07, 6.45) is -20.5. The molecular weight excluding hydrogens is 674 g/mol. The number of ether oxygens (including phenoxy) is 6. The molecular formula is C30H53N3O17. The molecule has 0 aliphatic carbocycles. The third kappa shape index (κ3) is 10.9. The lowest BCUT2D eigenvalue weighted by atomic mass is 9.92. The molecule has 3 rings (SSSR count). The zero-order valence-electron chi connectivity index (χ0n) is 28.7. The van der Waals surface area contributed by atoms with Gasteiger partial charge in [0.15, 0.2) is 18.9 Å². The van der Waals surface area contributed by atoms with Gasteiger partial charge in [-0.2, -0.15) is 0 Å². The Morgan fingerprint density at radius 3 is 1.58 bits per heavy atom. The maximum absolute atomic E-state index is 12.2. The van der Waals surface area contributed by atoms with Crippen LogP contribution in [0.5, 0.6) is 0 Å². The van der Waals surface area contributed by atoms with E-state index in [4.69, 9.17) is 28.4 Å². The molecule has 3 aliphatic rings. The molecule has 0 aromatic rings. The van der Waals surface area contributed by atoms with Crippen LogP contribution in [0.2, 0.25) is 0 Å². The number of carbonyl (C=O) groups is 3. The Labute approximate surface area is 288 Å². The molecule has 290 valence electrons. The minimum Gasteiger partial charge on any atom is -0.394 e. The molecule has 9 unspecified atom stereocenters. The van der Waals surface area contributed by atoms with Crippen LogP contribution in [0, 0.1) is 5.41 Å². The van der Waals surface area contributed by atoms with Crippen molar-refractivity contribution in [3.63, 3.8) is 0 Å². The summed E-state index contributed by atoms with van der Waals surface area (Å²) < 4.78 is 34.5. The molecule has 3 amide bonds. The van der Waals surface area contributed by atoms with E-state index in [1.807, 2.05) is 20.8 Å². The molecule has 3 heterocycles. The summed E-state index contributed by atoms with van der Waals surface area (Å²) >= 11 is 0. The fourth-order valence-electron chi connectivity index (χ4n) is 5.90. The molecule has 11 N–H and O–H groups in total. The first-order valence-electron chi connectivity index (χ1n) is 16.3. The zero-order chi connectivity index (χ0) is 37.5. The normalized spacial score (nSPS) is 39.4. The summed E-state index contributed by atoms with van der Waals surface area (Å²) in [5, 5.41) is 91.1. The van der Waals surface area contributed by atoms with Crippen LogP contribution in [0.25, 0.3) is 0 Å². The Morgan fingerprint density at radius 2 is 1.10 bits per heavy atom. The van der Waals surface area contributed by atoms with Crippen molar-refractivity contribution < 1.29 is 83.7 Å². The number of carbonyl (C=O) groups excluding carboxylic acids is 3. The summed E-state index contributed by atoms with van der Waals surface area (Å²) in [5.74, 6) is -1.48. The molecule has 0 aromatic carbocycles. The maximum atomic E-state index is 12.2. The molecule has 0 radical (unpaired) electrons. The Balaban J connectivity index is 1.78. The summed E-state index contributed by atoms with van der Waals surface area (Å²) in [4.78, 5) is 36.5. The van der Waals surface area contributed by atoms with Crippen LogP contribution >= 0.6 is 0 Å². The predicted octanol–water partition coefficient (Wildman–Crippen LogP) is -5.71. The van der Waals surface area contributed by atoms with Gasteiger partial charge in [-0.1, -0.05) is 20.8 Å². The van der Waals surface area contributed by atoms with E-state index in [1.54, 1.807) is 0 Å². The molecule has 0 bridgehead atoms. The molecule has 20 heteroatoms. The van der Waals surface area contributed by atoms with Gasteiger partial charge in [-0.05, 0) is 5.41 Å². The van der Waals surface area contributed by atoms with Crippen molar-refractivity contribution in [3.8, 4) is 0 Å². The van der Waals surface area contributed by atoms with Crippen molar-refractivity contribution in [3.05, 3.63) is 0 Å². The molecule has 3 fully saturated rings. The monoisotopic (exact) mass is 727 g/mol. The first kappa shape index (κ1) is 42.3. The third-order valence-corrected chi connectivity index (χ3v) is 8.27. The lowest BCUT2D eigenvalue weighted by Crippen LogP contribution is -2.70. The van der Waals surface area contributed by atoms with Gasteiger partial charge in [0.05, 0.1) is 26.4 Å². The first-order valence-corrected chi connectivity index (χ1v) is 16.3. The van der Waals surface area contributed by atoms with E-state index in [2.05, 4.69) is 16.0 Å². The van der Waals surface area contributed by atoms with Crippen LogP contribution in [-0.4, -0.2) is 184 Å². The lowest BCUT2D eigenvalue weighted by molar-refractivity contribution is -0.362. The van der Waals surface area contributed by atoms with Crippen molar-refractivity contribution >= 4 is 17.7 Å². The Morgan fingerprint density at radius 1 is 0.640 bits per heavy atom. The van der Waals surface area contributed by atoms with E-state index >= 15 is 0 Å². The van der Waals surface area contributed by atoms with Gasteiger partial charge in [0.1, 0.15) is 73.1 Å². The van der Waals surface area contributed by atoms with Crippen LogP contribution in [0.15, 0.2) is 0 Å². The lowest BCUT2D eigenvalue weighted by Gasteiger charge is -2.49. The summed E-state index contributed by atoms with van der Waals surface area (Å²) in [5.41, 5.74) is -0.242. The maximum Gasteiger partial charge on any atom is 0.220 e. The first-order chi connectivity index (χ1) is 23.4. The number of hydrogen-bond donors (Lipinski definition) is 11. The highest BCUT2D eigenvalue weighted by Crippen LogP contribution is 2.33. The molecule has 0 saturated carbocycles. The van der Waals surface area contributed by atoms with Crippen LogP contribution in [-0.2, 0) is 42.8 Å². The second-order valence-electron chi connectivity index (χ2n) is 13.7. The SMILES string of the molecule is CC(=O)N[C@@H]1C(OCCNC(=O)CC(C)(C)C)OC(CO)[C@@H](OC2OC(CO)[C@H](OC3OC(CO)[C@H](O)C(O)[C@@H]3O)C(O)[C@@H]2NC(C)=O)C1O. The van der Waals surface area contributed by atoms with E-state index in [0.717, 1.165) is 6.92 Å². The molecule has 3 aliphatic heterocycles. The zero-order valence-corrected chi connectivity index (χ0v) is 28.7. The third-order valence-electron chi connectivity index (χ3n) is 8.27. The minimum atomic E-state index is -1.87. The van der Waals surface area contributed by atoms with Crippen molar-refractivity contribution in [2.75, 3.05) is 33.0 Å². The van der Waals surface area contributed by atoms with E-state index in [-0.39, 0.29) is 30.9 Å². The topological polar surface area (TPSA) is 305 Å². The fraction of sp³-hybridized carbons (Fsp3) is 0.900. The van der Waals surface area contributed by atoms with Crippen LogP contribution in [0.1, 0.15) is 41.0 Å². The summed E-state index contributed by atoms with van der Waals surface area (Å²) in [6, 6.07) is -2.78. The smallest absolute Gasteiger partial charge is 0.220 e. The van der Waals surface area contributed by atoms with E-state index < -0.39 is 124 Å². The van der Waals surface area contributed by atoms with Gasteiger partial charge in [0.2, 0.25) is 17.7 Å². The average molecular weight is 728 g/mol. The van der Waals surface area contributed by atoms with Crippen molar-refractivity contribution in [1.82, 2.24) is 16.0 Å². The second-order valence-corrected chi connectivity index (χ2v) is 13.7. The number of hydrogen-bond acceptors (Lipinski definition) is 17. The van der Waals surface area contributed by atoms with E-state index in [1.165, 1.54) is 6.92 Å². The molecule has 3 saturated heterocycles. The Kier molecular flexibility index (Phi) is 15.7. The second kappa shape index (κ2) is 18.6. The van der Waals surface area contributed by atoms with Gasteiger partial charge in [-0.3, -0.25) is 14.4 Å². The van der Waals surface area contributed by atoms with Crippen molar-refractivity contribution in [2.45, 2.75) is 133 Å². The average Bonchev–Trinajstić information content (AvgIpc) is 3.03. The Hall–Kier alpha value is -2.15. The van der Waals surface area contributed by atoms with Gasteiger partial charge in [-0.25, -0.2) is 0 Å². The highest BCUT2D eigenvalue weighted by Gasteiger charge is 2.54. The molecule has 20 nitrogen and oxygen atoms in total. The van der Waals surface area contributed by atoms with Crippen molar-refractivity contribution in [1.29, 1.82) is 0 Å². The van der Waals surface area contributed by atoms with E-state index in [9.17, 15) is 55.2 Å². The van der Waals surface area contributed by atoms with Crippen LogP contribution in [0.4, 0.5) is 0 Å². The van der Waals surface area contributed by atoms with Gasteiger partial charge in [-0.15, -0.1) is 0 Å². The highest BCUT2D eigenvalue weighted by molar-refractivity contribution is 5.76. The fourth-order valence-corrected chi connectivity index (χ4v) is 5.90. The van der Waals surface area contributed by atoms with Crippen molar-refractivity contribution in [2.24, 2.45) is 5.41 Å². The van der Waals surface area contributed by atoms with Crippen LogP contribution in [0.3, 0.4) is 0 Å². The number of rotatable bonds is 14. The minimum absolute atomic E-state index is 0.0719. The molecule has 0 aromatic heterocycles. The molecule has 50 heavy (non-hydrogen) atoms. The summed E-state index contributed by atoms with van der Waals surface area (Å²) in [6.45, 7) is 5.64. The predicted molar refractivity (Wildman–Crippen MR) is 165 cm³/mol. The largest absolute Gasteiger partial charge is 0.394 e. The van der Waals surface area contributed by atoms with Gasteiger partial charge in [0.25, 0.3) is 0 Å². The standard InChI is InChI=1S/C30H53N3O17/c1-12(37)32-18-21(41)25(15(10-35)47-27(18)45-7-6-31-17(39)8-30(3,4)5)49-28-19(33-13(2)38)22(42)26(16(11-36)48-28)50-29-24(44)23(43)20(40)14(9-34)46-29/h14-16,18-29,34-36,40-44H,6-11H2,1-5H3,(H,31,39)(H,32,37)(H,33,38)/t14?,15?,16?,18-,19-,20-,21?,22?,23?,24-,25+,26-,27?,28?,29?/m0/s1. The van der Waals surface area contributed by atoms with Gasteiger partial charge in [0, 0.05) is 26.8 Å². The van der Waals surface area contributed by atoms with Gasteiger partial charge < -0.3 is 85.2 Å².